The molecule has 0 atom stereocenters. The lowest BCUT2D eigenvalue weighted by Gasteiger charge is -2.27. The van der Waals surface area contributed by atoms with Crippen LogP contribution in [0.5, 0.6) is 0 Å². The van der Waals surface area contributed by atoms with Gasteiger partial charge in [0.15, 0.2) is 0 Å². The van der Waals surface area contributed by atoms with Crippen molar-refractivity contribution in [1.82, 2.24) is 14.5 Å². The molecule has 2 aromatic rings. The Morgan fingerprint density at radius 2 is 1.88 bits per heavy atom. The molecule has 1 aliphatic rings. The fourth-order valence-corrected chi connectivity index (χ4v) is 4.44. The van der Waals surface area contributed by atoms with Crippen LogP contribution in [0.15, 0.2) is 47.6 Å². The van der Waals surface area contributed by atoms with Gasteiger partial charge in [0, 0.05) is 24.9 Å². The maximum absolute atomic E-state index is 12.5. The summed E-state index contributed by atoms with van der Waals surface area (Å²) in [6, 6.07) is 8.43. The van der Waals surface area contributed by atoms with Crippen molar-refractivity contribution in [2.75, 3.05) is 0 Å². The Morgan fingerprint density at radius 1 is 1.17 bits per heavy atom. The van der Waals surface area contributed by atoms with E-state index in [-0.39, 0.29) is 10.9 Å². The first-order chi connectivity index (χ1) is 11.6. The maximum atomic E-state index is 12.5. The second-order valence-corrected chi connectivity index (χ2v) is 7.90. The van der Waals surface area contributed by atoms with E-state index in [9.17, 15) is 13.2 Å². The zero-order valence-electron chi connectivity index (χ0n) is 13.3. The van der Waals surface area contributed by atoms with Gasteiger partial charge < -0.3 is 4.79 Å². The van der Waals surface area contributed by atoms with E-state index in [0.29, 0.717) is 12.3 Å². The van der Waals surface area contributed by atoms with Gasteiger partial charge >= 0.3 is 0 Å². The van der Waals surface area contributed by atoms with E-state index in [0.717, 1.165) is 37.7 Å². The molecule has 3 rings (SSSR count). The summed E-state index contributed by atoms with van der Waals surface area (Å²) in [5.74, 6) is 0.400. The van der Waals surface area contributed by atoms with Crippen LogP contribution in [0.1, 0.15) is 32.1 Å². The van der Waals surface area contributed by atoms with Crippen molar-refractivity contribution in [2.45, 2.75) is 43.0 Å². The normalized spacial score (nSPS) is 21.5. The number of aldehydes is 1. The summed E-state index contributed by atoms with van der Waals surface area (Å²) in [7, 11) is -3.52. The molecule has 1 saturated carbocycles. The van der Waals surface area contributed by atoms with Crippen LogP contribution in [-0.2, 0) is 14.8 Å². The molecular formula is C17H21N3O3S. The molecule has 1 heterocycles. The number of aromatic nitrogens is 2. The van der Waals surface area contributed by atoms with Gasteiger partial charge in [-0.25, -0.2) is 17.8 Å². The fraction of sp³-hybridized carbons (Fsp3) is 0.412. The summed E-state index contributed by atoms with van der Waals surface area (Å²) in [6.07, 6.45) is 8.36. The molecule has 0 aliphatic heterocycles. The van der Waals surface area contributed by atoms with Crippen molar-refractivity contribution in [3.8, 4) is 5.69 Å². The Bertz CT molecular complexity index is 762. The first-order valence-electron chi connectivity index (χ1n) is 8.14. The van der Waals surface area contributed by atoms with Crippen LogP contribution in [0, 0.1) is 5.92 Å². The number of carbonyl (C=O) groups is 1. The number of nitrogens with one attached hydrogen (secondary N) is 1. The topological polar surface area (TPSA) is 81.1 Å². The van der Waals surface area contributed by atoms with Crippen LogP contribution in [0.2, 0.25) is 0 Å². The lowest BCUT2D eigenvalue weighted by atomic mass is 9.85. The molecule has 128 valence electrons. The molecule has 0 unspecified atom stereocenters. The zero-order valence-corrected chi connectivity index (χ0v) is 14.2. The van der Waals surface area contributed by atoms with Crippen LogP contribution in [0.3, 0.4) is 0 Å². The predicted molar refractivity (Wildman–Crippen MR) is 90.3 cm³/mol. The quantitative estimate of drug-likeness (QED) is 0.813. The molecule has 0 spiro atoms. The third-order valence-corrected chi connectivity index (χ3v) is 6.05. The summed E-state index contributed by atoms with van der Waals surface area (Å²) in [4.78, 5) is 10.8. The molecule has 0 bridgehead atoms. The number of sulfonamides is 1. The predicted octanol–water partition coefficient (Wildman–Crippen LogP) is 2.30. The Hall–Kier alpha value is -1.99. The second-order valence-electron chi connectivity index (χ2n) is 6.19. The largest absolute Gasteiger partial charge is 0.303 e. The zero-order chi connectivity index (χ0) is 17.0. The number of hydrogen-bond donors (Lipinski definition) is 1. The lowest BCUT2D eigenvalue weighted by molar-refractivity contribution is -0.108. The van der Waals surface area contributed by atoms with Gasteiger partial charge in [0.2, 0.25) is 10.0 Å². The van der Waals surface area contributed by atoms with E-state index in [2.05, 4.69) is 9.82 Å². The van der Waals surface area contributed by atoms with E-state index in [1.807, 2.05) is 6.07 Å². The summed E-state index contributed by atoms with van der Waals surface area (Å²) >= 11 is 0. The van der Waals surface area contributed by atoms with Gasteiger partial charge in [0.05, 0.1) is 10.6 Å². The molecule has 0 saturated heterocycles. The summed E-state index contributed by atoms with van der Waals surface area (Å²) in [6.45, 7) is 0. The third-order valence-electron chi connectivity index (χ3n) is 4.51. The van der Waals surface area contributed by atoms with Crippen LogP contribution in [-0.4, -0.2) is 30.5 Å². The number of hydrogen-bond acceptors (Lipinski definition) is 4. The number of benzene rings is 1. The summed E-state index contributed by atoms with van der Waals surface area (Å²) in [5, 5.41) is 4.12. The van der Waals surface area contributed by atoms with E-state index in [1.54, 1.807) is 41.3 Å². The lowest BCUT2D eigenvalue weighted by Crippen LogP contribution is -2.37. The highest BCUT2D eigenvalue weighted by Gasteiger charge is 2.25. The summed E-state index contributed by atoms with van der Waals surface area (Å²) < 4.78 is 29.5. The van der Waals surface area contributed by atoms with Crippen LogP contribution in [0.25, 0.3) is 5.69 Å². The highest BCUT2D eigenvalue weighted by atomic mass is 32.2. The van der Waals surface area contributed by atoms with Crippen LogP contribution in [0.4, 0.5) is 0 Å². The van der Waals surface area contributed by atoms with Gasteiger partial charge in [-0.05, 0) is 61.9 Å². The molecule has 0 amide bonds. The van der Waals surface area contributed by atoms with Gasteiger partial charge in [-0.1, -0.05) is 0 Å². The molecule has 1 fully saturated rings. The first kappa shape index (κ1) is 16.9. The van der Waals surface area contributed by atoms with E-state index in [1.165, 1.54) is 0 Å². The molecule has 1 aromatic heterocycles. The van der Waals surface area contributed by atoms with E-state index < -0.39 is 10.0 Å². The average Bonchev–Trinajstić information content (AvgIpc) is 3.11. The van der Waals surface area contributed by atoms with Crippen LogP contribution < -0.4 is 4.72 Å². The minimum Gasteiger partial charge on any atom is -0.303 e. The Labute approximate surface area is 141 Å². The maximum Gasteiger partial charge on any atom is 0.240 e. The minimum absolute atomic E-state index is 0.0521. The Kier molecular flexibility index (Phi) is 5.11. The van der Waals surface area contributed by atoms with Crippen molar-refractivity contribution in [1.29, 1.82) is 0 Å². The highest BCUT2D eigenvalue weighted by molar-refractivity contribution is 7.89. The molecule has 1 aliphatic carbocycles. The summed E-state index contributed by atoms with van der Waals surface area (Å²) in [5.41, 5.74) is 0.813. The van der Waals surface area contributed by atoms with Crippen LogP contribution >= 0.6 is 0 Å². The van der Waals surface area contributed by atoms with E-state index in [4.69, 9.17) is 0 Å². The second kappa shape index (κ2) is 7.27. The molecule has 7 heteroatoms. The number of nitrogens with zero attached hydrogens (tertiary/aromatic N) is 2. The van der Waals surface area contributed by atoms with Crippen molar-refractivity contribution >= 4 is 16.3 Å². The Morgan fingerprint density at radius 3 is 2.46 bits per heavy atom. The smallest absolute Gasteiger partial charge is 0.240 e. The van der Waals surface area contributed by atoms with Crippen molar-refractivity contribution < 1.29 is 13.2 Å². The third kappa shape index (κ3) is 3.91. The highest BCUT2D eigenvalue weighted by Crippen LogP contribution is 2.27. The van der Waals surface area contributed by atoms with Crippen molar-refractivity contribution in [3.05, 3.63) is 42.7 Å². The Balaban J connectivity index is 1.64. The molecule has 1 N–H and O–H groups in total. The van der Waals surface area contributed by atoms with Gasteiger partial charge in [-0.2, -0.15) is 5.10 Å². The standard InChI is InChI=1S/C17H21N3O3S/c21-13-10-14-2-4-15(5-3-14)19-24(22,23)17-8-6-16(7-9-17)20-12-1-11-18-20/h1,6-9,11-15,19H,2-5,10H2. The van der Waals surface area contributed by atoms with Crippen molar-refractivity contribution in [2.24, 2.45) is 5.92 Å². The van der Waals surface area contributed by atoms with Gasteiger partial charge in [0.1, 0.15) is 6.29 Å². The molecular weight excluding hydrogens is 326 g/mol. The van der Waals surface area contributed by atoms with Gasteiger partial charge in [-0.15, -0.1) is 0 Å². The molecule has 24 heavy (non-hydrogen) atoms. The SMILES string of the molecule is O=CCC1CCC(NS(=O)(=O)c2ccc(-n3cccn3)cc2)CC1. The molecule has 6 nitrogen and oxygen atoms in total. The first-order valence-corrected chi connectivity index (χ1v) is 9.63. The number of rotatable bonds is 6. The average molecular weight is 347 g/mol. The molecule has 0 radical (unpaired) electrons. The molecule has 1 aromatic carbocycles. The van der Waals surface area contributed by atoms with Crippen molar-refractivity contribution in [3.63, 3.8) is 0 Å². The minimum atomic E-state index is -3.52. The van der Waals surface area contributed by atoms with E-state index >= 15 is 0 Å². The van der Waals surface area contributed by atoms with Gasteiger partial charge in [0.25, 0.3) is 0 Å². The fourth-order valence-electron chi connectivity index (χ4n) is 3.14. The number of carbonyl (C=O) groups excluding carboxylic acids is 1. The monoisotopic (exact) mass is 347 g/mol. The van der Waals surface area contributed by atoms with Gasteiger partial charge in [-0.3, -0.25) is 0 Å².